The molecular formula is C23H25FN6O3S. The van der Waals surface area contributed by atoms with Crippen molar-refractivity contribution in [2.24, 2.45) is 0 Å². The summed E-state index contributed by atoms with van der Waals surface area (Å²) >= 11 is 0. The Bertz CT molecular complexity index is 1330. The van der Waals surface area contributed by atoms with E-state index in [1.807, 2.05) is 6.07 Å². The minimum absolute atomic E-state index is 0.00863. The van der Waals surface area contributed by atoms with Crippen molar-refractivity contribution in [3.8, 4) is 11.8 Å². The molecule has 0 saturated carbocycles. The summed E-state index contributed by atoms with van der Waals surface area (Å²) in [6, 6.07) is 13.1. The van der Waals surface area contributed by atoms with Gasteiger partial charge in [0.15, 0.2) is 0 Å². The molecular weight excluding hydrogens is 459 g/mol. The normalized spacial score (nSPS) is 11.4. The number of amides is 1. The average molecular weight is 485 g/mol. The SMILES string of the molecule is CC(C)NS(=O)(=O)c1cccc(C(=O)NCCCc2nn(-c3ccc(F)cc3)c(N)c2C#N)c1. The molecule has 0 spiro atoms. The van der Waals surface area contributed by atoms with Crippen molar-refractivity contribution in [1.29, 1.82) is 5.26 Å². The Morgan fingerprint density at radius 1 is 1.24 bits per heavy atom. The topological polar surface area (TPSA) is 143 Å². The number of carbonyl (C=O) groups excluding carboxylic acids is 1. The molecule has 3 aromatic rings. The number of aromatic nitrogens is 2. The second kappa shape index (κ2) is 10.5. The molecule has 0 radical (unpaired) electrons. The quantitative estimate of drug-likeness (QED) is 0.398. The molecule has 0 fully saturated rings. The molecule has 0 bridgehead atoms. The molecule has 1 amide bonds. The number of nitrogens with one attached hydrogen (secondary N) is 2. The van der Waals surface area contributed by atoms with Crippen molar-refractivity contribution in [2.45, 2.75) is 37.6 Å². The van der Waals surface area contributed by atoms with Gasteiger partial charge >= 0.3 is 0 Å². The van der Waals surface area contributed by atoms with Crippen molar-refractivity contribution in [1.82, 2.24) is 19.8 Å². The van der Waals surface area contributed by atoms with Crippen LogP contribution in [-0.2, 0) is 16.4 Å². The first kappa shape index (κ1) is 24.9. The Kier molecular flexibility index (Phi) is 7.65. The number of nitrogens with zero attached hydrogens (tertiary/aromatic N) is 3. The third-order valence-electron chi connectivity index (χ3n) is 4.85. The van der Waals surface area contributed by atoms with Crippen LogP contribution in [0, 0.1) is 17.1 Å². The van der Waals surface area contributed by atoms with Crippen LogP contribution in [-0.4, -0.2) is 36.7 Å². The van der Waals surface area contributed by atoms with Crippen LogP contribution in [0.15, 0.2) is 53.4 Å². The second-order valence-electron chi connectivity index (χ2n) is 7.87. The Morgan fingerprint density at radius 2 is 1.94 bits per heavy atom. The molecule has 0 unspecified atom stereocenters. The Hall–Kier alpha value is -3.75. The van der Waals surface area contributed by atoms with Crippen molar-refractivity contribution >= 4 is 21.7 Å². The van der Waals surface area contributed by atoms with E-state index in [1.54, 1.807) is 13.8 Å². The lowest BCUT2D eigenvalue weighted by molar-refractivity contribution is 0.0953. The van der Waals surface area contributed by atoms with E-state index in [-0.39, 0.29) is 34.4 Å². The maximum Gasteiger partial charge on any atom is 0.251 e. The van der Waals surface area contributed by atoms with E-state index in [0.29, 0.717) is 24.2 Å². The highest BCUT2D eigenvalue weighted by Gasteiger charge is 2.18. The Morgan fingerprint density at radius 3 is 2.59 bits per heavy atom. The number of halogens is 1. The number of anilines is 1. The monoisotopic (exact) mass is 484 g/mol. The number of hydrogen-bond acceptors (Lipinski definition) is 6. The summed E-state index contributed by atoms with van der Waals surface area (Å²) in [5.74, 6) is -0.662. The van der Waals surface area contributed by atoms with Crippen LogP contribution in [0.1, 0.15) is 41.9 Å². The van der Waals surface area contributed by atoms with Gasteiger partial charge in [0.1, 0.15) is 23.3 Å². The number of nitrogen functional groups attached to an aromatic ring is 1. The van der Waals surface area contributed by atoms with Gasteiger partial charge in [0.25, 0.3) is 5.91 Å². The summed E-state index contributed by atoms with van der Waals surface area (Å²) in [6.07, 6.45) is 0.835. The molecule has 4 N–H and O–H groups in total. The van der Waals surface area contributed by atoms with E-state index in [1.165, 1.54) is 53.2 Å². The van der Waals surface area contributed by atoms with Gasteiger partial charge in [0, 0.05) is 18.2 Å². The van der Waals surface area contributed by atoms with Gasteiger partial charge in [-0.25, -0.2) is 22.2 Å². The number of sulfonamides is 1. The van der Waals surface area contributed by atoms with Crippen molar-refractivity contribution in [2.75, 3.05) is 12.3 Å². The first-order chi connectivity index (χ1) is 16.1. The van der Waals surface area contributed by atoms with E-state index in [0.717, 1.165) is 0 Å². The predicted octanol–water partition coefficient (Wildman–Crippen LogP) is 2.51. The zero-order valence-electron chi connectivity index (χ0n) is 18.7. The molecule has 1 heterocycles. The van der Waals surface area contributed by atoms with Crippen LogP contribution in [0.2, 0.25) is 0 Å². The first-order valence-corrected chi connectivity index (χ1v) is 12.0. The fourth-order valence-corrected chi connectivity index (χ4v) is 4.59. The fourth-order valence-electron chi connectivity index (χ4n) is 3.30. The maximum absolute atomic E-state index is 13.2. The van der Waals surface area contributed by atoms with Gasteiger partial charge in [-0.2, -0.15) is 10.4 Å². The Labute approximate surface area is 197 Å². The van der Waals surface area contributed by atoms with E-state index in [4.69, 9.17) is 5.73 Å². The van der Waals surface area contributed by atoms with Gasteiger partial charge in [-0.1, -0.05) is 6.07 Å². The Balaban J connectivity index is 1.63. The van der Waals surface area contributed by atoms with Gasteiger partial charge in [0.05, 0.1) is 16.3 Å². The summed E-state index contributed by atoms with van der Waals surface area (Å²) < 4.78 is 41.7. The third kappa shape index (κ3) is 5.78. The molecule has 178 valence electrons. The molecule has 0 aliphatic carbocycles. The lowest BCUT2D eigenvalue weighted by Gasteiger charge is -2.11. The second-order valence-corrected chi connectivity index (χ2v) is 9.58. The minimum atomic E-state index is -3.72. The van der Waals surface area contributed by atoms with Gasteiger partial charge in [-0.05, 0) is 69.2 Å². The first-order valence-electron chi connectivity index (χ1n) is 10.6. The number of aryl methyl sites for hydroxylation is 1. The number of nitriles is 1. The molecule has 3 rings (SSSR count). The number of carbonyl (C=O) groups is 1. The van der Waals surface area contributed by atoms with Crippen LogP contribution < -0.4 is 15.8 Å². The minimum Gasteiger partial charge on any atom is -0.382 e. The number of hydrogen-bond donors (Lipinski definition) is 3. The molecule has 34 heavy (non-hydrogen) atoms. The van der Waals surface area contributed by atoms with E-state index in [2.05, 4.69) is 15.1 Å². The predicted molar refractivity (Wildman–Crippen MR) is 125 cm³/mol. The number of nitrogens with two attached hydrogens (primary N) is 1. The lowest BCUT2D eigenvalue weighted by atomic mass is 10.1. The number of benzene rings is 2. The lowest BCUT2D eigenvalue weighted by Crippen LogP contribution is -2.30. The van der Waals surface area contributed by atoms with Crippen molar-refractivity contribution < 1.29 is 17.6 Å². The summed E-state index contributed by atoms with van der Waals surface area (Å²) in [6.45, 7) is 3.69. The van der Waals surface area contributed by atoms with Gasteiger partial charge in [-0.3, -0.25) is 4.79 Å². The molecule has 0 saturated heterocycles. The molecule has 11 heteroatoms. The van der Waals surface area contributed by atoms with Crippen LogP contribution in [0.4, 0.5) is 10.2 Å². The van der Waals surface area contributed by atoms with Gasteiger partial charge < -0.3 is 11.1 Å². The highest BCUT2D eigenvalue weighted by Crippen LogP contribution is 2.21. The van der Waals surface area contributed by atoms with Gasteiger partial charge in [-0.15, -0.1) is 0 Å². The summed E-state index contributed by atoms with van der Waals surface area (Å²) in [4.78, 5) is 12.5. The highest BCUT2D eigenvalue weighted by molar-refractivity contribution is 7.89. The zero-order valence-corrected chi connectivity index (χ0v) is 19.6. The molecule has 0 atom stereocenters. The average Bonchev–Trinajstić information content (AvgIpc) is 3.11. The van der Waals surface area contributed by atoms with Crippen LogP contribution in [0.3, 0.4) is 0 Å². The standard InChI is InChI=1S/C23H25FN6O3S/c1-15(2)29-34(32,33)19-6-3-5-16(13-19)23(31)27-12-4-7-21-20(14-25)22(26)30(28-21)18-10-8-17(24)9-11-18/h3,5-6,8-11,13,15,29H,4,7,12,26H2,1-2H3,(H,27,31). The van der Waals surface area contributed by atoms with E-state index in [9.17, 15) is 22.9 Å². The maximum atomic E-state index is 13.2. The molecule has 2 aromatic carbocycles. The molecule has 1 aromatic heterocycles. The van der Waals surface area contributed by atoms with Crippen molar-refractivity contribution in [3.63, 3.8) is 0 Å². The molecule has 9 nitrogen and oxygen atoms in total. The van der Waals surface area contributed by atoms with Crippen LogP contribution in [0.5, 0.6) is 0 Å². The third-order valence-corrected chi connectivity index (χ3v) is 6.51. The zero-order chi connectivity index (χ0) is 24.9. The largest absolute Gasteiger partial charge is 0.382 e. The highest BCUT2D eigenvalue weighted by atomic mass is 32.2. The molecule has 0 aliphatic heterocycles. The van der Waals surface area contributed by atoms with Crippen LogP contribution >= 0.6 is 0 Å². The van der Waals surface area contributed by atoms with Gasteiger partial charge in [0.2, 0.25) is 10.0 Å². The number of rotatable bonds is 9. The van der Waals surface area contributed by atoms with Crippen molar-refractivity contribution in [3.05, 3.63) is 71.2 Å². The summed E-state index contributed by atoms with van der Waals surface area (Å²) in [5.41, 5.74) is 7.49. The van der Waals surface area contributed by atoms with E-state index >= 15 is 0 Å². The summed E-state index contributed by atoms with van der Waals surface area (Å²) in [5, 5.41) is 16.6. The van der Waals surface area contributed by atoms with E-state index < -0.39 is 21.7 Å². The smallest absolute Gasteiger partial charge is 0.251 e. The molecule has 0 aliphatic rings. The fraction of sp³-hybridized carbons (Fsp3) is 0.261. The van der Waals surface area contributed by atoms with Crippen LogP contribution in [0.25, 0.3) is 5.69 Å². The summed E-state index contributed by atoms with van der Waals surface area (Å²) in [7, 11) is -3.72.